The summed E-state index contributed by atoms with van der Waals surface area (Å²) >= 11 is 0. The molecule has 1 aliphatic rings. The van der Waals surface area contributed by atoms with Gasteiger partial charge in [-0.1, -0.05) is 29.8 Å². The Morgan fingerprint density at radius 2 is 1.90 bits per heavy atom. The van der Waals surface area contributed by atoms with E-state index in [1.165, 1.54) is 0 Å². The van der Waals surface area contributed by atoms with Gasteiger partial charge in [-0.15, -0.1) is 0 Å². The Hall–Kier alpha value is -3.15. The van der Waals surface area contributed by atoms with Gasteiger partial charge in [0.25, 0.3) is 5.91 Å². The van der Waals surface area contributed by atoms with E-state index in [0.717, 1.165) is 47.9 Å². The Kier molecular flexibility index (Phi) is 5.34. The third kappa shape index (κ3) is 4.16. The lowest BCUT2D eigenvalue weighted by atomic mass is 9.94. The number of amides is 1. The lowest BCUT2D eigenvalue weighted by molar-refractivity contribution is 0.0700. The molecule has 0 unspecified atom stereocenters. The monoisotopic (exact) mass is 393 g/mol. The zero-order valence-electron chi connectivity index (χ0n) is 16.1. The molecule has 0 bridgehead atoms. The van der Waals surface area contributed by atoms with Gasteiger partial charge in [0.2, 0.25) is 0 Å². The highest BCUT2D eigenvalue weighted by Gasteiger charge is 2.28. The summed E-state index contributed by atoms with van der Waals surface area (Å²) < 4.78 is 27.5. The molecule has 3 aromatic rings. The van der Waals surface area contributed by atoms with Crippen LogP contribution >= 0.6 is 0 Å². The Labute approximate surface area is 168 Å². The fourth-order valence-electron chi connectivity index (χ4n) is 3.68. The number of benzene rings is 2. The van der Waals surface area contributed by atoms with Crippen LogP contribution in [0.2, 0.25) is 0 Å². The molecule has 0 N–H and O–H groups in total. The van der Waals surface area contributed by atoms with Crippen LogP contribution < -0.4 is 0 Å². The van der Waals surface area contributed by atoms with Gasteiger partial charge in [0.05, 0.1) is 5.56 Å². The number of halogens is 2. The summed E-state index contributed by atoms with van der Waals surface area (Å²) in [6.45, 7) is 2.95. The number of hydrogen-bond donors (Lipinski definition) is 0. The van der Waals surface area contributed by atoms with Crippen LogP contribution in [0.1, 0.15) is 40.4 Å². The molecule has 0 radical (unpaired) electrons. The van der Waals surface area contributed by atoms with Gasteiger partial charge in [0.15, 0.2) is 5.82 Å². The second-order valence-corrected chi connectivity index (χ2v) is 7.39. The predicted octanol–water partition coefficient (Wildman–Crippen LogP) is 4.75. The second-order valence-electron chi connectivity index (χ2n) is 7.39. The van der Waals surface area contributed by atoms with Crippen LogP contribution in [-0.4, -0.2) is 33.9 Å². The lowest BCUT2D eigenvalue weighted by Crippen LogP contribution is -2.39. The van der Waals surface area contributed by atoms with Crippen LogP contribution in [0.25, 0.3) is 11.4 Å². The van der Waals surface area contributed by atoms with E-state index in [1.807, 2.05) is 37.3 Å². The Bertz CT molecular complexity index is 1040. The maximum absolute atomic E-state index is 14.0. The smallest absolute Gasteiger partial charge is 0.256 e. The summed E-state index contributed by atoms with van der Waals surface area (Å²) in [5.74, 6) is -1.15. The maximum Gasteiger partial charge on any atom is 0.256 e. The quantitative estimate of drug-likeness (QED) is 0.645. The van der Waals surface area contributed by atoms with Gasteiger partial charge >= 0.3 is 0 Å². The van der Waals surface area contributed by atoms with Gasteiger partial charge in [0.1, 0.15) is 11.6 Å². The number of aryl methyl sites for hydroxylation is 1. The van der Waals surface area contributed by atoms with E-state index in [2.05, 4.69) is 4.98 Å². The fraction of sp³-hybridized carbons (Fsp3) is 0.261. The molecule has 1 aliphatic heterocycles. The van der Waals surface area contributed by atoms with E-state index < -0.39 is 17.5 Å². The zero-order chi connectivity index (χ0) is 20.4. The number of carbonyl (C=O) groups excluding carboxylic acids is 1. The lowest BCUT2D eigenvalue weighted by Gasteiger charge is -2.32. The number of piperidine rings is 1. The molecule has 1 fully saturated rings. The van der Waals surface area contributed by atoms with Crippen molar-refractivity contribution < 1.29 is 13.6 Å². The van der Waals surface area contributed by atoms with Gasteiger partial charge < -0.3 is 4.90 Å². The highest BCUT2D eigenvalue weighted by Crippen LogP contribution is 2.28. The molecule has 4 nitrogen and oxygen atoms in total. The molecule has 0 spiro atoms. The van der Waals surface area contributed by atoms with E-state index in [9.17, 15) is 13.6 Å². The summed E-state index contributed by atoms with van der Waals surface area (Å²) in [4.78, 5) is 23.4. The van der Waals surface area contributed by atoms with E-state index in [1.54, 1.807) is 11.1 Å². The van der Waals surface area contributed by atoms with Crippen LogP contribution in [0, 0.1) is 18.6 Å². The molecular formula is C23H21F2N3O. The summed E-state index contributed by atoms with van der Waals surface area (Å²) in [5.41, 5.74) is 2.72. The summed E-state index contributed by atoms with van der Waals surface area (Å²) in [6, 6.07) is 12.8. The van der Waals surface area contributed by atoms with Crippen molar-refractivity contribution in [2.75, 3.05) is 13.1 Å². The minimum atomic E-state index is -0.706. The third-order valence-electron chi connectivity index (χ3n) is 5.27. The van der Waals surface area contributed by atoms with Crippen LogP contribution in [-0.2, 0) is 0 Å². The van der Waals surface area contributed by atoms with Crippen molar-refractivity contribution in [2.45, 2.75) is 25.7 Å². The maximum atomic E-state index is 14.0. The van der Waals surface area contributed by atoms with Crippen molar-refractivity contribution in [2.24, 2.45) is 0 Å². The van der Waals surface area contributed by atoms with Crippen molar-refractivity contribution in [3.63, 3.8) is 0 Å². The summed E-state index contributed by atoms with van der Waals surface area (Å²) in [7, 11) is 0. The highest BCUT2D eigenvalue weighted by atomic mass is 19.1. The fourth-order valence-corrected chi connectivity index (χ4v) is 3.68. The van der Waals surface area contributed by atoms with E-state index in [-0.39, 0.29) is 11.5 Å². The Morgan fingerprint density at radius 3 is 2.69 bits per heavy atom. The number of likely N-dealkylation sites (tertiary alicyclic amines) is 1. The molecule has 148 valence electrons. The molecule has 6 heteroatoms. The Balaban J connectivity index is 1.55. The summed E-state index contributed by atoms with van der Waals surface area (Å²) in [6.07, 6.45) is 3.38. The van der Waals surface area contributed by atoms with E-state index in [4.69, 9.17) is 4.98 Å². The van der Waals surface area contributed by atoms with Crippen molar-refractivity contribution in [1.82, 2.24) is 14.9 Å². The molecule has 4 rings (SSSR count). The number of carbonyl (C=O) groups is 1. The van der Waals surface area contributed by atoms with E-state index >= 15 is 0 Å². The van der Waals surface area contributed by atoms with Crippen molar-refractivity contribution in [3.05, 3.63) is 83.2 Å². The van der Waals surface area contributed by atoms with Crippen LogP contribution in [0.3, 0.4) is 0 Å². The van der Waals surface area contributed by atoms with Crippen molar-refractivity contribution in [3.8, 4) is 11.4 Å². The molecule has 1 saturated heterocycles. The molecule has 0 aliphatic carbocycles. The number of hydrogen-bond acceptors (Lipinski definition) is 3. The first-order valence-corrected chi connectivity index (χ1v) is 9.65. The molecule has 2 heterocycles. The molecule has 2 aromatic carbocycles. The average Bonchev–Trinajstić information content (AvgIpc) is 2.75. The molecule has 1 amide bonds. The van der Waals surface area contributed by atoms with Gasteiger partial charge in [-0.2, -0.15) is 0 Å². The molecule has 1 atom stereocenters. The van der Waals surface area contributed by atoms with Gasteiger partial charge in [0, 0.05) is 36.5 Å². The number of nitrogens with zero attached hydrogens (tertiary/aromatic N) is 3. The van der Waals surface area contributed by atoms with E-state index in [0.29, 0.717) is 18.9 Å². The van der Waals surface area contributed by atoms with Gasteiger partial charge in [-0.25, -0.2) is 18.7 Å². The molecule has 29 heavy (non-hydrogen) atoms. The largest absolute Gasteiger partial charge is 0.338 e. The van der Waals surface area contributed by atoms with Crippen LogP contribution in [0.15, 0.2) is 54.7 Å². The third-order valence-corrected chi connectivity index (χ3v) is 5.27. The van der Waals surface area contributed by atoms with Crippen LogP contribution in [0.5, 0.6) is 0 Å². The second kappa shape index (κ2) is 8.07. The van der Waals surface area contributed by atoms with Gasteiger partial charge in [-0.05, 0) is 44.0 Å². The minimum absolute atomic E-state index is 0.0246. The highest BCUT2D eigenvalue weighted by molar-refractivity contribution is 5.94. The first-order valence-electron chi connectivity index (χ1n) is 9.65. The SMILES string of the molecule is Cc1ccc(-c2nccc([C@@H]3CCCN(C(=O)c4cc(F)ccc4F)C3)n2)cc1. The predicted molar refractivity (Wildman–Crippen MR) is 106 cm³/mol. The van der Waals surface area contributed by atoms with Crippen molar-refractivity contribution in [1.29, 1.82) is 0 Å². The zero-order valence-corrected chi connectivity index (χ0v) is 16.1. The Morgan fingerprint density at radius 1 is 1.10 bits per heavy atom. The summed E-state index contributed by atoms with van der Waals surface area (Å²) in [5, 5.41) is 0. The first-order chi connectivity index (χ1) is 14.0. The van der Waals surface area contributed by atoms with Crippen LogP contribution in [0.4, 0.5) is 8.78 Å². The van der Waals surface area contributed by atoms with Crippen molar-refractivity contribution >= 4 is 5.91 Å². The number of aromatic nitrogens is 2. The standard InChI is InChI=1S/C23H21F2N3O/c1-15-4-6-16(7-5-15)22-26-11-10-21(27-22)17-3-2-12-28(14-17)23(29)19-13-18(24)8-9-20(19)25/h4-11,13,17H,2-3,12,14H2,1H3/t17-/m1/s1. The van der Waals surface area contributed by atoms with Gasteiger partial charge in [-0.3, -0.25) is 4.79 Å². The topological polar surface area (TPSA) is 46.1 Å². The minimum Gasteiger partial charge on any atom is -0.338 e. The number of rotatable bonds is 3. The normalized spacial score (nSPS) is 16.7. The molecule has 1 aromatic heterocycles. The molecule has 0 saturated carbocycles. The average molecular weight is 393 g/mol. The first kappa shape index (κ1) is 19.2. The molecular weight excluding hydrogens is 372 g/mol.